The molecule has 1 unspecified atom stereocenters. The maximum absolute atomic E-state index is 10.6. The zero-order valence-electron chi connectivity index (χ0n) is 21.4. The highest BCUT2D eigenvalue weighted by Gasteiger charge is 2.19. The van der Waals surface area contributed by atoms with Crippen molar-refractivity contribution in [2.24, 2.45) is 11.8 Å². The first kappa shape index (κ1) is 29.9. The summed E-state index contributed by atoms with van der Waals surface area (Å²) in [6, 6.07) is 0. The highest BCUT2D eigenvalue weighted by atomic mass is 16.6. The van der Waals surface area contributed by atoms with Gasteiger partial charge < -0.3 is 9.84 Å². The van der Waals surface area contributed by atoms with Crippen LogP contribution in [0.1, 0.15) is 156 Å². The van der Waals surface area contributed by atoms with Gasteiger partial charge in [0.2, 0.25) is 0 Å². The summed E-state index contributed by atoms with van der Waals surface area (Å²) in [7, 11) is 0. The predicted octanol–water partition coefficient (Wildman–Crippen LogP) is 9.44. The van der Waals surface area contributed by atoms with Crippen molar-refractivity contribution in [3.8, 4) is 0 Å². The molecule has 0 bridgehead atoms. The van der Waals surface area contributed by atoms with Crippen molar-refractivity contribution in [3.05, 3.63) is 0 Å². The first-order valence-electron chi connectivity index (χ1n) is 13.9. The third-order valence-corrected chi connectivity index (χ3v) is 6.47. The minimum Gasteiger partial charge on any atom is -0.368 e. The third-order valence-electron chi connectivity index (χ3n) is 6.47. The van der Waals surface area contributed by atoms with Crippen LogP contribution in [0.4, 0.5) is 0 Å². The lowest BCUT2D eigenvalue weighted by atomic mass is 9.94. The van der Waals surface area contributed by atoms with Gasteiger partial charge in [0.15, 0.2) is 6.29 Å². The fraction of sp³-hybridized carbons (Fsp3) is 1.00. The molecular weight excluding hydrogens is 368 g/mol. The highest BCUT2D eigenvalue weighted by molar-refractivity contribution is 4.64. The monoisotopic (exact) mass is 426 g/mol. The zero-order chi connectivity index (χ0) is 22.3. The van der Waals surface area contributed by atoms with E-state index in [0.29, 0.717) is 5.92 Å². The van der Waals surface area contributed by atoms with Crippen molar-refractivity contribution in [2.75, 3.05) is 6.61 Å². The maximum atomic E-state index is 10.6. The molecule has 0 fully saturated rings. The van der Waals surface area contributed by atoms with Gasteiger partial charge in [-0.3, -0.25) is 0 Å². The number of ether oxygens (including phenoxy) is 1. The molecule has 0 amide bonds. The SMILES string of the molecule is CCCCCCC(CCCCCC)C(O)OCCCCCCCCCCCC(C)C. The van der Waals surface area contributed by atoms with Crippen LogP contribution in [0.5, 0.6) is 0 Å². The van der Waals surface area contributed by atoms with E-state index in [1.54, 1.807) is 0 Å². The molecule has 0 aromatic heterocycles. The summed E-state index contributed by atoms with van der Waals surface area (Å²) in [6.07, 6.45) is 25.5. The second-order valence-corrected chi connectivity index (χ2v) is 10.1. The third kappa shape index (κ3) is 21.2. The molecule has 182 valence electrons. The number of hydrogen-bond acceptors (Lipinski definition) is 2. The molecule has 30 heavy (non-hydrogen) atoms. The van der Waals surface area contributed by atoms with E-state index in [9.17, 15) is 5.11 Å². The fourth-order valence-corrected chi connectivity index (χ4v) is 4.33. The molecule has 0 rings (SSSR count). The molecule has 0 spiro atoms. The summed E-state index contributed by atoms with van der Waals surface area (Å²) in [6.45, 7) is 9.90. The average Bonchev–Trinajstić information content (AvgIpc) is 2.73. The van der Waals surface area contributed by atoms with Crippen molar-refractivity contribution >= 4 is 0 Å². The standard InChI is InChI=1S/C28H58O2/c1-5-7-9-19-23-27(24-20-10-8-6-2)28(29)30-25-21-17-15-13-11-12-14-16-18-22-26(3)4/h26-29H,5-25H2,1-4H3. The summed E-state index contributed by atoms with van der Waals surface area (Å²) < 4.78 is 5.86. The van der Waals surface area contributed by atoms with Crippen molar-refractivity contribution in [2.45, 2.75) is 162 Å². The largest absolute Gasteiger partial charge is 0.368 e. The number of aliphatic hydroxyl groups is 1. The molecule has 0 heterocycles. The Morgan fingerprint density at radius 3 is 1.40 bits per heavy atom. The quantitative estimate of drug-likeness (QED) is 0.123. The van der Waals surface area contributed by atoms with Gasteiger partial charge >= 0.3 is 0 Å². The summed E-state index contributed by atoms with van der Waals surface area (Å²) >= 11 is 0. The fourth-order valence-electron chi connectivity index (χ4n) is 4.33. The molecule has 1 atom stereocenters. The molecule has 0 radical (unpaired) electrons. The molecule has 2 heteroatoms. The first-order chi connectivity index (χ1) is 14.6. The van der Waals surface area contributed by atoms with Crippen LogP contribution in [0.25, 0.3) is 0 Å². The van der Waals surface area contributed by atoms with Crippen LogP contribution in [-0.2, 0) is 4.74 Å². The minimum absolute atomic E-state index is 0.342. The first-order valence-corrected chi connectivity index (χ1v) is 13.9. The summed E-state index contributed by atoms with van der Waals surface area (Å²) in [5, 5.41) is 10.6. The van der Waals surface area contributed by atoms with Crippen LogP contribution in [-0.4, -0.2) is 18.0 Å². The van der Waals surface area contributed by atoms with E-state index in [1.165, 1.54) is 109 Å². The lowest BCUT2D eigenvalue weighted by Crippen LogP contribution is -2.24. The number of aliphatic hydroxyl groups excluding tert-OH is 1. The van der Waals surface area contributed by atoms with Gasteiger partial charge in [0.05, 0.1) is 0 Å². The zero-order valence-corrected chi connectivity index (χ0v) is 21.4. The summed E-state index contributed by atoms with van der Waals surface area (Å²) in [4.78, 5) is 0. The van der Waals surface area contributed by atoms with E-state index in [4.69, 9.17) is 4.74 Å². The molecule has 0 saturated heterocycles. The number of hydrogen-bond donors (Lipinski definition) is 1. The van der Waals surface area contributed by atoms with E-state index >= 15 is 0 Å². The Morgan fingerprint density at radius 1 is 0.533 bits per heavy atom. The van der Waals surface area contributed by atoms with Crippen LogP contribution < -0.4 is 0 Å². The van der Waals surface area contributed by atoms with Gasteiger partial charge in [0.1, 0.15) is 0 Å². The van der Waals surface area contributed by atoms with Crippen LogP contribution in [0.3, 0.4) is 0 Å². The normalized spacial score (nSPS) is 12.9. The molecule has 0 aliphatic rings. The van der Waals surface area contributed by atoms with Crippen molar-refractivity contribution in [3.63, 3.8) is 0 Å². The Morgan fingerprint density at radius 2 is 0.933 bits per heavy atom. The van der Waals surface area contributed by atoms with Crippen LogP contribution >= 0.6 is 0 Å². The maximum Gasteiger partial charge on any atom is 0.157 e. The van der Waals surface area contributed by atoms with E-state index in [-0.39, 0.29) is 0 Å². The highest BCUT2D eigenvalue weighted by Crippen LogP contribution is 2.23. The lowest BCUT2D eigenvalue weighted by Gasteiger charge is -2.23. The molecule has 0 aromatic rings. The van der Waals surface area contributed by atoms with Gasteiger partial charge in [0, 0.05) is 12.5 Å². The molecule has 0 aliphatic carbocycles. The van der Waals surface area contributed by atoms with Gasteiger partial charge in [-0.1, -0.05) is 137 Å². The molecule has 2 nitrogen and oxygen atoms in total. The molecule has 0 saturated carbocycles. The van der Waals surface area contributed by atoms with Gasteiger partial charge in [-0.2, -0.15) is 0 Å². The van der Waals surface area contributed by atoms with Crippen molar-refractivity contribution in [1.82, 2.24) is 0 Å². The summed E-state index contributed by atoms with van der Waals surface area (Å²) in [5.41, 5.74) is 0. The average molecular weight is 427 g/mol. The Labute approximate surface area is 191 Å². The predicted molar refractivity (Wildman–Crippen MR) is 134 cm³/mol. The second-order valence-electron chi connectivity index (χ2n) is 10.1. The van der Waals surface area contributed by atoms with E-state index in [2.05, 4.69) is 27.7 Å². The van der Waals surface area contributed by atoms with E-state index in [1.807, 2.05) is 0 Å². The van der Waals surface area contributed by atoms with Gasteiger partial charge in [0.25, 0.3) is 0 Å². The van der Waals surface area contributed by atoms with Crippen LogP contribution in [0.15, 0.2) is 0 Å². The smallest absolute Gasteiger partial charge is 0.157 e. The van der Waals surface area contributed by atoms with E-state index in [0.717, 1.165) is 31.8 Å². The van der Waals surface area contributed by atoms with Crippen LogP contribution in [0.2, 0.25) is 0 Å². The van der Waals surface area contributed by atoms with Crippen molar-refractivity contribution in [1.29, 1.82) is 0 Å². The second kappa shape index (κ2) is 23.6. The molecule has 0 aromatic carbocycles. The van der Waals surface area contributed by atoms with Crippen LogP contribution in [0, 0.1) is 11.8 Å². The molecular formula is C28H58O2. The molecule has 0 aliphatic heterocycles. The van der Waals surface area contributed by atoms with Gasteiger partial charge in [-0.15, -0.1) is 0 Å². The summed E-state index contributed by atoms with van der Waals surface area (Å²) in [5.74, 6) is 1.21. The van der Waals surface area contributed by atoms with Gasteiger partial charge in [-0.25, -0.2) is 0 Å². The Kier molecular flexibility index (Phi) is 23.5. The van der Waals surface area contributed by atoms with Gasteiger partial charge in [-0.05, 0) is 25.2 Å². The Hall–Kier alpha value is -0.0800. The number of rotatable bonds is 24. The topological polar surface area (TPSA) is 29.5 Å². The van der Waals surface area contributed by atoms with Crippen molar-refractivity contribution < 1.29 is 9.84 Å². The lowest BCUT2D eigenvalue weighted by molar-refractivity contribution is -0.138. The number of unbranched alkanes of at least 4 members (excludes halogenated alkanes) is 14. The van der Waals surface area contributed by atoms with E-state index < -0.39 is 6.29 Å². The Bertz CT molecular complexity index is 304. The Balaban J connectivity index is 3.71. The minimum atomic E-state index is -0.543. The molecule has 1 N–H and O–H groups in total.